The van der Waals surface area contributed by atoms with Crippen molar-refractivity contribution in [2.45, 2.75) is 207 Å². The second-order valence-electron chi connectivity index (χ2n) is 11.7. The molecule has 0 heterocycles. The van der Waals surface area contributed by atoms with Gasteiger partial charge in [-0.3, -0.25) is 4.79 Å². The smallest absolute Gasteiger partial charge is 0.320 e. The highest BCUT2D eigenvalue weighted by Gasteiger charge is 2.08. The summed E-state index contributed by atoms with van der Waals surface area (Å²) in [5, 5.41) is 21.5. The van der Waals surface area contributed by atoms with E-state index in [2.05, 4.69) is 26.1 Å². The number of aliphatic carboxylic acids is 1. The largest absolute Gasteiger partial charge is 0.480 e. The Hall–Kier alpha value is -0.610. The number of unbranched alkanes of at least 4 members (excludes halogenated alkanes) is 21. The third kappa shape index (κ3) is 35.4. The van der Waals surface area contributed by atoms with Crippen LogP contribution in [0.5, 0.6) is 0 Å². The fourth-order valence-electron chi connectivity index (χ4n) is 4.84. The van der Waals surface area contributed by atoms with E-state index >= 15 is 0 Å². The maximum atomic E-state index is 10.6. The number of hydrogen-bond acceptors (Lipinski definition) is 3. The van der Waals surface area contributed by atoms with Crippen molar-refractivity contribution in [1.29, 1.82) is 0 Å². The second-order valence-corrected chi connectivity index (χ2v) is 11.7. The van der Waals surface area contributed by atoms with E-state index in [0.717, 1.165) is 25.8 Å². The van der Waals surface area contributed by atoms with Gasteiger partial charge in [0.15, 0.2) is 0 Å². The van der Waals surface area contributed by atoms with Gasteiger partial charge in [0, 0.05) is 0 Å². The van der Waals surface area contributed by atoms with Crippen LogP contribution in [0.1, 0.15) is 195 Å². The summed E-state index contributed by atoms with van der Waals surface area (Å²) in [6.45, 7) is 9.28. The second kappa shape index (κ2) is 34.4. The molecule has 0 aliphatic heterocycles. The summed E-state index contributed by atoms with van der Waals surface area (Å²) >= 11 is 0. The van der Waals surface area contributed by atoms with Gasteiger partial charge < -0.3 is 15.5 Å². The number of hydrogen-bond donors (Lipinski definition) is 3. The maximum Gasteiger partial charge on any atom is 0.320 e. The molecule has 3 N–H and O–H groups in total. The first-order valence-corrected chi connectivity index (χ1v) is 17.1. The highest BCUT2D eigenvalue weighted by atomic mass is 16.4. The molecule has 0 saturated carbocycles. The Labute approximate surface area is 239 Å². The number of carboxylic acid groups (broad SMARTS) is 1. The molecule has 230 valence electrons. The zero-order valence-corrected chi connectivity index (χ0v) is 26.5. The van der Waals surface area contributed by atoms with E-state index in [0.29, 0.717) is 0 Å². The van der Waals surface area contributed by atoms with Gasteiger partial charge in [-0.25, -0.2) is 0 Å². The Kier molecular flexibility index (Phi) is 35.8. The molecule has 0 rings (SSSR count). The molecule has 4 heteroatoms. The van der Waals surface area contributed by atoms with Crippen LogP contribution in [-0.2, 0) is 4.79 Å². The van der Waals surface area contributed by atoms with Crippen LogP contribution < -0.4 is 5.32 Å². The lowest BCUT2D eigenvalue weighted by Gasteiger charge is -2.09. The number of carboxylic acids is 1. The molecule has 0 aliphatic rings. The van der Waals surface area contributed by atoms with E-state index in [1.54, 1.807) is 6.92 Å². The fraction of sp³-hybridized carbons (Fsp3) is 0.971. The van der Waals surface area contributed by atoms with Gasteiger partial charge in [0.2, 0.25) is 0 Å². The summed E-state index contributed by atoms with van der Waals surface area (Å²) in [5.41, 5.74) is 0. The van der Waals surface area contributed by atoms with Crippen LogP contribution in [0.4, 0.5) is 0 Å². The van der Waals surface area contributed by atoms with Crippen LogP contribution in [0.25, 0.3) is 0 Å². The summed E-state index contributed by atoms with van der Waals surface area (Å²) in [5.74, 6) is -0.760. The van der Waals surface area contributed by atoms with E-state index in [-0.39, 0.29) is 6.10 Å². The average Bonchev–Trinajstić information content (AvgIpc) is 2.91. The van der Waals surface area contributed by atoms with Crippen molar-refractivity contribution < 1.29 is 15.0 Å². The molecule has 2 atom stereocenters. The molecule has 0 amide bonds. The third-order valence-electron chi connectivity index (χ3n) is 7.63. The topological polar surface area (TPSA) is 69.6 Å². The van der Waals surface area contributed by atoms with Crippen molar-refractivity contribution in [2.24, 2.45) is 0 Å². The molecule has 2 unspecified atom stereocenters. The van der Waals surface area contributed by atoms with E-state index in [9.17, 15) is 9.90 Å². The molecule has 0 radical (unpaired) electrons. The number of aliphatic hydroxyl groups excluding tert-OH is 1. The molecular weight excluding hydrogens is 470 g/mol. The van der Waals surface area contributed by atoms with Crippen molar-refractivity contribution in [3.63, 3.8) is 0 Å². The summed E-state index contributed by atoms with van der Waals surface area (Å²) in [4.78, 5) is 10.6. The molecule has 0 bridgehead atoms. The Morgan fingerprint density at radius 1 is 0.526 bits per heavy atom. The van der Waals surface area contributed by atoms with Crippen LogP contribution in [0, 0.1) is 0 Å². The molecule has 4 nitrogen and oxygen atoms in total. The number of rotatable bonds is 29. The van der Waals surface area contributed by atoms with Crippen LogP contribution in [0.15, 0.2) is 0 Å². The lowest BCUT2D eigenvalue weighted by molar-refractivity contribution is -0.138. The average molecular weight is 542 g/mol. The minimum atomic E-state index is -0.760. The summed E-state index contributed by atoms with van der Waals surface area (Å²) in [6.07, 6.45) is 34.1. The quantitative estimate of drug-likeness (QED) is 0.0823. The van der Waals surface area contributed by atoms with Crippen molar-refractivity contribution in [3.05, 3.63) is 0 Å². The first-order chi connectivity index (χ1) is 18.5. The normalized spacial score (nSPS) is 12.7. The molecule has 0 aromatic carbocycles. The lowest BCUT2D eigenvalue weighted by Crippen LogP contribution is -2.34. The number of nitrogens with one attached hydrogen (secondary N) is 1. The molecule has 0 fully saturated rings. The minimum absolute atomic E-state index is 0.0255. The molecule has 0 spiro atoms. The maximum absolute atomic E-state index is 10.6. The predicted octanol–water partition coefficient (Wildman–Crippen LogP) is 10.6. The standard InChI is InChI=1S/C18H37NO2.C16H34O/c1-3-4-5-6-7-8-9-10-11-12-13-14-15-16-19-17(2)18(20)21;1-3-5-7-9-10-11-13-15-16(17)14-12-8-6-4-2/h17,19H,3-16H2,1-2H3,(H,20,21);16-17H,3-15H2,1-2H3. The Morgan fingerprint density at radius 3 is 1.16 bits per heavy atom. The van der Waals surface area contributed by atoms with Crippen molar-refractivity contribution in [2.75, 3.05) is 6.54 Å². The lowest BCUT2D eigenvalue weighted by atomic mass is 10.0. The molecule has 0 aromatic heterocycles. The van der Waals surface area contributed by atoms with Crippen molar-refractivity contribution in [1.82, 2.24) is 5.32 Å². The van der Waals surface area contributed by atoms with Gasteiger partial charge in [-0.05, 0) is 32.7 Å². The van der Waals surface area contributed by atoms with Gasteiger partial charge in [0.25, 0.3) is 0 Å². The minimum Gasteiger partial charge on any atom is -0.480 e. The first-order valence-electron chi connectivity index (χ1n) is 17.1. The molecule has 38 heavy (non-hydrogen) atoms. The molecule has 0 saturated heterocycles. The molecule has 0 aromatic rings. The third-order valence-corrected chi connectivity index (χ3v) is 7.63. The van der Waals surface area contributed by atoms with Gasteiger partial charge in [-0.2, -0.15) is 0 Å². The highest BCUT2D eigenvalue weighted by molar-refractivity contribution is 5.72. The summed E-state index contributed by atoms with van der Waals surface area (Å²) in [6, 6.07) is -0.415. The van der Waals surface area contributed by atoms with E-state index in [1.807, 2.05) is 0 Å². The SMILES string of the molecule is CCCCCCCCCC(O)CCCCCC.CCCCCCCCCCCCCCCNC(C)C(=O)O. The Morgan fingerprint density at radius 2 is 0.816 bits per heavy atom. The zero-order valence-electron chi connectivity index (χ0n) is 26.5. The summed E-state index contributed by atoms with van der Waals surface area (Å²) in [7, 11) is 0. The van der Waals surface area contributed by atoms with Crippen molar-refractivity contribution in [3.8, 4) is 0 Å². The Balaban J connectivity index is 0. The molecule has 0 aliphatic carbocycles. The monoisotopic (exact) mass is 542 g/mol. The Bertz CT molecular complexity index is 443. The van der Waals surface area contributed by atoms with E-state index in [1.165, 1.54) is 148 Å². The van der Waals surface area contributed by atoms with Crippen LogP contribution in [0.2, 0.25) is 0 Å². The number of aliphatic hydroxyl groups is 1. The van der Waals surface area contributed by atoms with Crippen LogP contribution >= 0.6 is 0 Å². The number of carbonyl (C=O) groups is 1. The van der Waals surface area contributed by atoms with Gasteiger partial charge in [0.1, 0.15) is 6.04 Å². The van der Waals surface area contributed by atoms with E-state index < -0.39 is 12.0 Å². The highest BCUT2D eigenvalue weighted by Crippen LogP contribution is 2.14. The van der Waals surface area contributed by atoms with Gasteiger partial charge >= 0.3 is 5.97 Å². The molecular formula is C34H71NO3. The van der Waals surface area contributed by atoms with Crippen molar-refractivity contribution >= 4 is 5.97 Å². The van der Waals surface area contributed by atoms with E-state index in [4.69, 9.17) is 5.11 Å². The van der Waals surface area contributed by atoms with Crippen LogP contribution in [-0.4, -0.2) is 34.9 Å². The van der Waals surface area contributed by atoms with Gasteiger partial charge in [-0.15, -0.1) is 0 Å². The zero-order chi connectivity index (χ0) is 28.5. The fourth-order valence-corrected chi connectivity index (χ4v) is 4.84. The predicted molar refractivity (Wildman–Crippen MR) is 168 cm³/mol. The summed E-state index contributed by atoms with van der Waals surface area (Å²) < 4.78 is 0. The van der Waals surface area contributed by atoms with Gasteiger partial charge in [-0.1, -0.05) is 168 Å². The van der Waals surface area contributed by atoms with Crippen LogP contribution in [0.3, 0.4) is 0 Å². The first kappa shape index (κ1) is 39.5. The van der Waals surface area contributed by atoms with Gasteiger partial charge in [0.05, 0.1) is 6.10 Å².